The highest BCUT2D eigenvalue weighted by Gasteiger charge is 1.98. The zero-order valence-electron chi connectivity index (χ0n) is 12.5. The van der Waals surface area contributed by atoms with E-state index < -0.39 is 0 Å². The summed E-state index contributed by atoms with van der Waals surface area (Å²) in [5.41, 5.74) is 3.89. The minimum Gasteiger partial charge on any atom is -0.311 e. The Morgan fingerprint density at radius 3 is 2.20 bits per heavy atom. The standard InChI is InChI=1S/C18H24N2/c1-3-20(2)14-13-19-15-16-9-11-18(12-10-16)17-7-5-4-6-8-17/h4-12,19H,3,13-15H2,1-2H3. The van der Waals surface area contributed by atoms with Crippen LogP contribution in [-0.2, 0) is 6.54 Å². The number of rotatable bonds is 7. The van der Waals surface area contributed by atoms with Crippen LogP contribution in [0.1, 0.15) is 12.5 Å². The molecular formula is C18H24N2. The van der Waals surface area contributed by atoms with E-state index in [-0.39, 0.29) is 0 Å². The molecule has 2 rings (SSSR count). The van der Waals surface area contributed by atoms with Crippen molar-refractivity contribution in [1.82, 2.24) is 10.2 Å². The van der Waals surface area contributed by atoms with Gasteiger partial charge < -0.3 is 10.2 Å². The van der Waals surface area contributed by atoms with Gasteiger partial charge in [0.1, 0.15) is 0 Å². The van der Waals surface area contributed by atoms with E-state index in [2.05, 4.69) is 78.8 Å². The third-order valence-electron chi connectivity index (χ3n) is 3.60. The predicted octanol–water partition coefficient (Wildman–Crippen LogP) is 3.39. The molecule has 0 saturated carbocycles. The van der Waals surface area contributed by atoms with Gasteiger partial charge in [0.15, 0.2) is 0 Å². The summed E-state index contributed by atoms with van der Waals surface area (Å²) in [5, 5.41) is 3.48. The molecular weight excluding hydrogens is 244 g/mol. The van der Waals surface area contributed by atoms with E-state index >= 15 is 0 Å². The molecule has 1 N–H and O–H groups in total. The number of nitrogens with zero attached hydrogens (tertiary/aromatic N) is 1. The van der Waals surface area contributed by atoms with Crippen molar-refractivity contribution in [1.29, 1.82) is 0 Å². The van der Waals surface area contributed by atoms with E-state index in [0.717, 1.165) is 26.2 Å². The van der Waals surface area contributed by atoms with Crippen LogP contribution in [0.3, 0.4) is 0 Å². The van der Waals surface area contributed by atoms with E-state index in [0.29, 0.717) is 0 Å². The molecule has 0 fully saturated rings. The maximum Gasteiger partial charge on any atom is 0.0206 e. The molecule has 0 aliphatic heterocycles. The highest BCUT2D eigenvalue weighted by atomic mass is 15.1. The fraction of sp³-hybridized carbons (Fsp3) is 0.333. The van der Waals surface area contributed by atoms with Crippen LogP contribution in [0.15, 0.2) is 54.6 Å². The Balaban J connectivity index is 1.83. The summed E-state index contributed by atoms with van der Waals surface area (Å²) in [6.45, 7) is 6.35. The van der Waals surface area contributed by atoms with Crippen LogP contribution < -0.4 is 5.32 Å². The second kappa shape index (κ2) is 7.83. The first-order valence-electron chi connectivity index (χ1n) is 7.33. The van der Waals surface area contributed by atoms with Gasteiger partial charge in [-0.25, -0.2) is 0 Å². The Labute approximate surface area is 122 Å². The summed E-state index contributed by atoms with van der Waals surface area (Å²) in [5.74, 6) is 0. The Bertz CT molecular complexity index is 491. The normalized spacial score (nSPS) is 10.9. The Morgan fingerprint density at radius 1 is 0.900 bits per heavy atom. The minimum atomic E-state index is 0.937. The predicted molar refractivity (Wildman–Crippen MR) is 86.8 cm³/mol. The fourth-order valence-corrected chi connectivity index (χ4v) is 2.11. The molecule has 2 aromatic rings. The molecule has 0 heterocycles. The quantitative estimate of drug-likeness (QED) is 0.774. The van der Waals surface area contributed by atoms with Crippen LogP contribution in [0.5, 0.6) is 0 Å². The Hall–Kier alpha value is -1.64. The van der Waals surface area contributed by atoms with Gasteiger partial charge in [-0.2, -0.15) is 0 Å². The Morgan fingerprint density at radius 2 is 1.55 bits per heavy atom. The van der Waals surface area contributed by atoms with Gasteiger partial charge in [0.25, 0.3) is 0 Å². The summed E-state index contributed by atoms with van der Waals surface area (Å²) < 4.78 is 0. The smallest absolute Gasteiger partial charge is 0.0206 e. The molecule has 0 amide bonds. The molecule has 0 aromatic heterocycles. The van der Waals surface area contributed by atoms with Gasteiger partial charge in [-0.05, 0) is 30.3 Å². The van der Waals surface area contributed by atoms with E-state index in [1.54, 1.807) is 0 Å². The largest absolute Gasteiger partial charge is 0.311 e. The Kier molecular flexibility index (Phi) is 5.78. The zero-order chi connectivity index (χ0) is 14.2. The minimum absolute atomic E-state index is 0.937. The number of hydrogen-bond acceptors (Lipinski definition) is 2. The topological polar surface area (TPSA) is 15.3 Å². The molecule has 0 bridgehead atoms. The van der Waals surface area contributed by atoms with Crippen molar-refractivity contribution in [2.45, 2.75) is 13.5 Å². The number of nitrogens with one attached hydrogen (secondary N) is 1. The lowest BCUT2D eigenvalue weighted by atomic mass is 10.0. The van der Waals surface area contributed by atoms with Crippen LogP contribution in [-0.4, -0.2) is 31.6 Å². The average molecular weight is 268 g/mol. The molecule has 0 saturated heterocycles. The second-order valence-electron chi connectivity index (χ2n) is 5.14. The highest BCUT2D eigenvalue weighted by molar-refractivity contribution is 5.63. The monoisotopic (exact) mass is 268 g/mol. The molecule has 2 nitrogen and oxygen atoms in total. The first-order chi connectivity index (χ1) is 9.79. The molecule has 0 aliphatic rings. The van der Waals surface area contributed by atoms with Gasteiger partial charge in [0, 0.05) is 19.6 Å². The van der Waals surface area contributed by atoms with Crippen LogP contribution in [0.25, 0.3) is 11.1 Å². The summed E-state index contributed by atoms with van der Waals surface area (Å²) in [6.07, 6.45) is 0. The van der Waals surface area contributed by atoms with Crippen LogP contribution in [0.2, 0.25) is 0 Å². The lowest BCUT2D eigenvalue weighted by Crippen LogP contribution is -2.28. The van der Waals surface area contributed by atoms with E-state index in [9.17, 15) is 0 Å². The van der Waals surface area contributed by atoms with Gasteiger partial charge in [0.2, 0.25) is 0 Å². The van der Waals surface area contributed by atoms with Gasteiger partial charge in [0.05, 0.1) is 0 Å². The van der Waals surface area contributed by atoms with E-state index in [4.69, 9.17) is 0 Å². The van der Waals surface area contributed by atoms with E-state index in [1.807, 2.05) is 0 Å². The van der Waals surface area contributed by atoms with Crippen molar-refractivity contribution in [3.05, 3.63) is 60.2 Å². The van der Waals surface area contributed by atoms with Gasteiger partial charge in [-0.15, -0.1) is 0 Å². The van der Waals surface area contributed by atoms with Gasteiger partial charge in [-0.3, -0.25) is 0 Å². The maximum absolute atomic E-state index is 3.48. The molecule has 0 aliphatic carbocycles. The zero-order valence-corrected chi connectivity index (χ0v) is 12.5. The molecule has 106 valence electrons. The summed E-state index contributed by atoms with van der Waals surface area (Å²) >= 11 is 0. The second-order valence-corrected chi connectivity index (χ2v) is 5.14. The summed E-state index contributed by atoms with van der Waals surface area (Å²) in [7, 11) is 2.15. The van der Waals surface area contributed by atoms with Crippen LogP contribution in [0, 0.1) is 0 Å². The third-order valence-corrected chi connectivity index (χ3v) is 3.60. The number of benzene rings is 2. The molecule has 0 atom stereocenters. The molecule has 2 aromatic carbocycles. The number of likely N-dealkylation sites (N-methyl/N-ethyl adjacent to an activating group) is 1. The van der Waals surface area contributed by atoms with Crippen molar-refractivity contribution in [3.63, 3.8) is 0 Å². The van der Waals surface area contributed by atoms with Gasteiger partial charge >= 0.3 is 0 Å². The maximum atomic E-state index is 3.48. The fourth-order valence-electron chi connectivity index (χ4n) is 2.11. The molecule has 0 unspecified atom stereocenters. The first-order valence-corrected chi connectivity index (χ1v) is 7.33. The first kappa shape index (κ1) is 14.8. The van der Waals surface area contributed by atoms with E-state index in [1.165, 1.54) is 16.7 Å². The van der Waals surface area contributed by atoms with Crippen LogP contribution >= 0.6 is 0 Å². The van der Waals surface area contributed by atoms with Crippen LogP contribution in [0.4, 0.5) is 0 Å². The lowest BCUT2D eigenvalue weighted by molar-refractivity contribution is 0.349. The SMILES string of the molecule is CCN(C)CCNCc1ccc(-c2ccccc2)cc1. The number of hydrogen-bond donors (Lipinski definition) is 1. The van der Waals surface area contributed by atoms with Crippen molar-refractivity contribution < 1.29 is 0 Å². The van der Waals surface area contributed by atoms with Crippen molar-refractivity contribution >= 4 is 0 Å². The molecule has 2 heteroatoms. The highest BCUT2D eigenvalue weighted by Crippen LogP contribution is 2.19. The van der Waals surface area contributed by atoms with Crippen molar-refractivity contribution in [3.8, 4) is 11.1 Å². The average Bonchev–Trinajstić information content (AvgIpc) is 2.52. The lowest BCUT2D eigenvalue weighted by Gasteiger charge is -2.14. The van der Waals surface area contributed by atoms with Crippen molar-refractivity contribution in [2.75, 3.05) is 26.7 Å². The third kappa shape index (κ3) is 4.48. The van der Waals surface area contributed by atoms with Gasteiger partial charge in [-0.1, -0.05) is 61.5 Å². The summed E-state index contributed by atoms with van der Waals surface area (Å²) in [4.78, 5) is 2.31. The van der Waals surface area contributed by atoms with Crippen molar-refractivity contribution in [2.24, 2.45) is 0 Å². The molecule has 20 heavy (non-hydrogen) atoms. The molecule has 0 spiro atoms. The molecule has 0 radical (unpaired) electrons. The summed E-state index contributed by atoms with van der Waals surface area (Å²) in [6, 6.07) is 19.3.